The van der Waals surface area contributed by atoms with Crippen LogP contribution in [0.1, 0.15) is 32.6 Å². The van der Waals surface area contributed by atoms with Gasteiger partial charge in [-0.3, -0.25) is 0 Å². The quantitative estimate of drug-likeness (QED) is 0.527. The van der Waals surface area contributed by atoms with E-state index in [-0.39, 0.29) is 0 Å². The molecule has 0 aromatic carbocycles. The minimum Gasteiger partial charge on any atom is -0.389 e. The summed E-state index contributed by atoms with van der Waals surface area (Å²) in [7, 11) is 0. The summed E-state index contributed by atoms with van der Waals surface area (Å²) < 4.78 is 10.5. The molecule has 2 aliphatic rings. The highest BCUT2D eigenvalue weighted by molar-refractivity contribution is 4.92. The molecular formula is C15H29NO3. The van der Waals surface area contributed by atoms with E-state index in [1.54, 1.807) is 0 Å². The Kier molecular flexibility index (Phi) is 6.57. The summed E-state index contributed by atoms with van der Waals surface area (Å²) >= 11 is 0. The van der Waals surface area contributed by atoms with Crippen molar-refractivity contribution in [3.05, 3.63) is 0 Å². The molecule has 0 bridgehead atoms. The van der Waals surface area contributed by atoms with Gasteiger partial charge in [-0.1, -0.05) is 0 Å². The van der Waals surface area contributed by atoms with Crippen molar-refractivity contribution in [3.63, 3.8) is 0 Å². The fraction of sp³-hybridized carbons (Fsp3) is 1.00. The zero-order valence-electron chi connectivity index (χ0n) is 12.1. The van der Waals surface area contributed by atoms with E-state index < -0.39 is 6.10 Å². The molecule has 19 heavy (non-hydrogen) atoms. The van der Waals surface area contributed by atoms with Gasteiger partial charge in [0.1, 0.15) is 0 Å². The van der Waals surface area contributed by atoms with Crippen LogP contribution in [0.25, 0.3) is 0 Å². The minimum absolute atomic E-state index is 0.400. The molecule has 4 heteroatoms. The number of nitrogens with one attached hydrogen (secondary N) is 1. The zero-order chi connectivity index (χ0) is 13.5. The number of ether oxygens (including phenoxy) is 2. The monoisotopic (exact) mass is 271 g/mol. The average molecular weight is 271 g/mol. The molecule has 1 unspecified atom stereocenters. The summed E-state index contributed by atoms with van der Waals surface area (Å²) in [5, 5.41) is 13.2. The fourth-order valence-corrected chi connectivity index (χ4v) is 2.72. The molecule has 2 saturated carbocycles. The maximum absolute atomic E-state index is 9.80. The van der Waals surface area contributed by atoms with Crippen molar-refractivity contribution >= 4 is 0 Å². The highest BCUT2D eigenvalue weighted by atomic mass is 16.5. The van der Waals surface area contributed by atoms with E-state index in [9.17, 15) is 5.11 Å². The predicted octanol–water partition coefficient (Wildman–Crippen LogP) is 1.43. The largest absolute Gasteiger partial charge is 0.389 e. The number of aliphatic hydroxyl groups is 1. The van der Waals surface area contributed by atoms with Gasteiger partial charge in [0.25, 0.3) is 0 Å². The van der Waals surface area contributed by atoms with Gasteiger partial charge in [-0.05, 0) is 56.9 Å². The van der Waals surface area contributed by atoms with Gasteiger partial charge >= 0.3 is 0 Å². The van der Waals surface area contributed by atoms with Gasteiger partial charge in [0.15, 0.2) is 0 Å². The van der Waals surface area contributed by atoms with E-state index in [2.05, 4.69) is 5.32 Å². The van der Waals surface area contributed by atoms with Crippen LogP contribution in [0.15, 0.2) is 0 Å². The smallest absolute Gasteiger partial charge is 0.0897 e. The fourth-order valence-electron chi connectivity index (χ4n) is 2.72. The average Bonchev–Trinajstić information content (AvgIpc) is 3.28. The van der Waals surface area contributed by atoms with Crippen molar-refractivity contribution in [1.82, 2.24) is 5.32 Å². The summed E-state index contributed by atoms with van der Waals surface area (Å²) in [6.45, 7) is 5.99. The van der Waals surface area contributed by atoms with Gasteiger partial charge in [0.2, 0.25) is 0 Å². The van der Waals surface area contributed by atoms with Crippen LogP contribution in [0.3, 0.4) is 0 Å². The molecular weight excluding hydrogens is 242 g/mol. The Morgan fingerprint density at radius 2 is 1.68 bits per heavy atom. The third-order valence-electron chi connectivity index (χ3n) is 4.10. The Balaban J connectivity index is 1.45. The topological polar surface area (TPSA) is 50.7 Å². The summed E-state index contributed by atoms with van der Waals surface area (Å²) in [5.74, 6) is 2.81. The summed E-state index contributed by atoms with van der Waals surface area (Å²) in [5.41, 5.74) is 0. The van der Waals surface area contributed by atoms with Gasteiger partial charge < -0.3 is 19.9 Å². The third kappa shape index (κ3) is 6.21. The summed E-state index contributed by atoms with van der Waals surface area (Å²) in [4.78, 5) is 0. The molecule has 0 aliphatic heterocycles. The van der Waals surface area contributed by atoms with Gasteiger partial charge in [-0.25, -0.2) is 0 Å². The third-order valence-corrected chi connectivity index (χ3v) is 4.10. The first-order valence-electron chi connectivity index (χ1n) is 7.85. The Morgan fingerprint density at radius 1 is 1.05 bits per heavy atom. The minimum atomic E-state index is -0.402. The Hall–Kier alpha value is -0.160. The molecule has 0 saturated heterocycles. The lowest BCUT2D eigenvalue weighted by Crippen LogP contribution is -2.34. The van der Waals surface area contributed by atoms with Crippen molar-refractivity contribution in [3.8, 4) is 0 Å². The molecule has 2 N–H and O–H groups in total. The molecule has 2 rings (SSSR count). The van der Waals surface area contributed by atoms with E-state index in [1.807, 2.05) is 6.92 Å². The van der Waals surface area contributed by atoms with Gasteiger partial charge in [-0.15, -0.1) is 0 Å². The first kappa shape index (κ1) is 15.2. The Morgan fingerprint density at radius 3 is 2.26 bits per heavy atom. The molecule has 0 amide bonds. The molecule has 0 spiro atoms. The van der Waals surface area contributed by atoms with Crippen molar-refractivity contribution < 1.29 is 14.6 Å². The second kappa shape index (κ2) is 8.20. The number of aliphatic hydroxyl groups excluding tert-OH is 1. The normalized spacial score (nSPS) is 21.0. The number of hydrogen-bond donors (Lipinski definition) is 2. The zero-order valence-corrected chi connectivity index (χ0v) is 12.1. The standard InChI is InChI=1S/C15H29NO3/c1-2-18-7-8-19-11-14(17)9-16-10-15(12-3-4-12)13-5-6-13/h12-17H,2-11H2,1H3. The molecule has 2 aliphatic carbocycles. The van der Waals surface area contributed by atoms with E-state index in [4.69, 9.17) is 9.47 Å². The lowest BCUT2D eigenvalue weighted by molar-refractivity contribution is 0.00618. The molecule has 1 atom stereocenters. The van der Waals surface area contributed by atoms with E-state index in [1.165, 1.54) is 25.7 Å². The summed E-state index contributed by atoms with van der Waals surface area (Å²) in [6.07, 6.45) is 5.29. The molecule has 2 fully saturated rings. The highest BCUT2D eigenvalue weighted by Crippen LogP contribution is 2.48. The van der Waals surface area contributed by atoms with Crippen LogP contribution >= 0.6 is 0 Å². The van der Waals surface area contributed by atoms with Crippen molar-refractivity contribution in [2.75, 3.05) is 39.5 Å². The van der Waals surface area contributed by atoms with Crippen LogP contribution in [-0.2, 0) is 9.47 Å². The lowest BCUT2D eigenvalue weighted by Gasteiger charge is -2.18. The molecule has 0 aromatic heterocycles. The second-order valence-corrected chi connectivity index (χ2v) is 5.92. The van der Waals surface area contributed by atoms with Gasteiger partial charge in [-0.2, -0.15) is 0 Å². The van der Waals surface area contributed by atoms with Gasteiger partial charge in [0, 0.05) is 13.2 Å². The van der Waals surface area contributed by atoms with Crippen molar-refractivity contribution in [2.45, 2.75) is 38.7 Å². The van der Waals surface area contributed by atoms with Crippen LogP contribution < -0.4 is 5.32 Å². The number of hydrogen-bond acceptors (Lipinski definition) is 4. The van der Waals surface area contributed by atoms with Crippen molar-refractivity contribution in [1.29, 1.82) is 0 Å². The van der Waals surface area contributed by atoms with E-state index >= 15 is 0 Å². The SMILES string of the molecule is CCOCCOCC(O)CNCC(C1CC1)C1CC1. The Labute approximate surface area is 116 Å². The summed E-state index contributed by atoms with van der Waals surface area (Å²) in [6, 6.07) is 0. The van der Waals surface area contributed by atoms with Gasteiger partial charge in [0.05, 0.1) is 25.9 Å². The molecule has 112 valence electrons. The molecule has 0 aromatic rings. The Bertz CT molecular complexity index is 230. The van der Waals surface area contributed by atoms with Crippen molar-refractivity contribution in [2.24, 2.45) is 17.8 Å². The maximum Gasteiger partial charge on any atom is 0.0897 e. The molecule has 0 heterocycles. The van der Waals surface area contributed by atoms with Crippen LogP contribution in [0.2, 0.25) is 0 Å². The lowest BCUT2D eigenvalue weighted by atomic mass is 9.98. The van der Waals surface area contributed by atoms with Crippen LogP contribution in [-0.4, -0.2) is 50.7 Å². The first-order chi connectivity index (χ1) is 9.31. The molecule has 0 radical (unpaired) electrons. The molecule has 4 nitrogen and oxygen atoms in total. The second-order valence-electron chi connectivity index (χ2n) is 5.92. The maximum atomic E-state index is 9.80. The van der Waals surface area contributed by atoms with E-state index in [0.717, 1.165) is 30.9 Å². The van der Waals surface area contributed by atoms with Crippen LogP contribution in [0.5, 0.6) is 0 Å². The predicted molar refractivity (Wildman–Crippen MR) is 75.1 cm³/mol. The van der Waals surface area contributed by atoms with E-state index in [0.29, 0.717) is 26.4 Å². The number of rotatable bonds is 12. The highest BCUT2D eigenvalue weighted by Gasteiger charge is 2.40. The van der Waals surface area contributed by atoms with Crippen LogP contribution in [0, 0.1) is 17.8 Å². The first-order valence-corrected chi connectivity index (χ1v) is 7.85. The van der Waals surface area contributed by atoms with Crippen LogP contribution in [0.4, 0.5) is 0 Å².